The Labute approximate surface area is 172 Å². The Kier molecular flexibility index (Phi) is 5.11. The molecule has 1 heterocycles. The van der Waals surface area contributed by atoms with E-state index in [9.17, 15) is 8.42 Å². The van der Waals surface area contributed by atoms with Crippen LogP contribution in [-0.4, -0.2) is 32.0 Å². The topological polar surface area (TPSA) is 49.7 Å². The lowest BCUT2D eigenvalue weighted by Gasteiger charge is -2.46. The summed E-state index contributed by atoms with van der Waals surface area (Å²) in [5.41, 5.74) is 3.70. The van der Waals surface area contributed by atoms with Crippen molar-refractivity contribution in [3.8, 4) is 0 Å². The van der Waals surface area contributed by atoms with E-state index in [0.717, 1.165) is 16.7 Å². The average molecular weight is 405 g/mol. The van der Waals surface area contributed by atoms with E-state index in [4.69, 9.17) is 4.99 Å². The number of hydrogen-bond donors (Lipinski definition) is 0. The predicted octanol–water partition coefficient (Wildman–Crippen LogP) is 4.32. The molecule has 4 nitrogen and oxygen atoms in total. The van der Waals surface area contributed by atoms with Gasteiger partial charge < -0.3 is 0 Å². The van der Waals surface area contributed by atoms with Crippen molar-refractivity contribution in [2.24, 2.45) is 4.99 Å². The summed E-state index contributed by atoms with van der Waals surface area (Å²) >= 11 is 0. The van der Waals surface area contributed by atoms with Gasteiger partial charge in [0.2, 0.25) is 10.0 Å². The Morgan fingerprint density at radius 3 is 1.97 bits per heavy atom. The van der Waals surface area contributed by atoms with Crippen LogP contribution in [0.2, 0.25) is 0 Å². The molecule has 29 heavy (non-hydrogen) atoms. The summed E-state index contributed by atoms with van der Waals surface area (Å²) in [4.78, 5) is 5.20. The molecule has 0 radical (unpaired) electrons. The molecule has 0 aliphatic carbocycles. The number of nitrogens with zero attached hydrogens (tertiary/aromatic N) is 2. The lowest BCUT2D eigenvalue weighted by atomic mass is 9.85. The lowest BCUT2D eigenvalue weighted by Crippen LogP contribution is -2.60. The van der Waals surface area contributed by atoms with E-state index in [1.54, 1.807) is 12.1 Å². The van der Waals surface area contributed by atoms with Crippen molar-refractivity contribution in [3.63, 3.8) is 0 Å². The fourth-order valence-corrected chi connectivity index (χ4v) is 5.05. The third-order valence-corrected chi connectivity index (χ3v) is 7.19. The Morgan fingerprint density at radius 2 is 1.38 bits per heavy atom. The molecule has 0 amide bonds. The summed E-state index contributed by atoms with van der Waals surface area (Å²) in [6.45, 7) is 4.65. The van der Waals surface area contributed by atoms with Crippen molar-refractivity contribution < 1.29 is 8.42 Å². The van der Waals surface area contributed by atoms with Gasteiger partial charge >= 0.3 is 0 Å². The van der Waals surface area contributed by atoms with Crippen molar-refractivity contribution >= 4 is 16.2 Å². The third-order valence-electron chi connectivity index (χ3n) is 5.38. The van der Waals surface area contributed by atoms with Gasteiger partial charge in [0.15, 0.2) is 0 Å². The van der Waals surface area contributed by atoms with E-state index in [-0.39, 0.29) is 0 Å². The van der Waals surface area contributed by atoms with Gasteiger partial charge in [-0.05, 0) is 37.1 Å². The van der Waals surface area contributed by atoms with Gasteiger partial charge in [-0.15, -0.1) is 0 Å². The van der Waals surface area contributed by atoms with Gasteiger partial charge in [-0.3, -0.25) is 4.99 Å². The highest BCUT2D eigenvalue weighted by molar-refractivity contribution is 7.89. The maximum absolute atomic E-state index is 13.0. The monoisotopic (exact) mass is 404 g/mol. The SMILES string of the molecule is Cc1ccc(C=NC2(c3ccccc3)CN(S(=O)(=O)c3ccc(C)cc3)C2)cc1. The third kappa shape index (κ3) is 3.88. The number of benzene rings is 3. The molecule has 1 aliphatic rings. The molecule has 4 rings (SSSR count). The fourth-order valence-electron chi connectivity index (χ4n) is 3.50. The van der Waals surface area contributed by atoms with Crippen LogP contribution in [0, 0.1) is 13.8 Å². The van der Waals surface area contributed by atoms with E-state index in [2.05, 4.69) is 0 Å². The molecule has 148 valence electrons. The smallest absolute Gasteiger partial charge is 0.243 e. The summed E-state index contributed by atoms with van der Waals surface area (Å²) in [7, 11) is -3.53. The van der Waals surface area contributed by atoms with Gasteiger partial charge in [0, 0.05) is 19.3 Å². The molecule has 3 aromatic rings. The van der Waals surface area contributed by atoms with Crippen molar-refractivity contribution in [1.29, 1.82) is 0 Å². The molecular formula is C24H24N2O2S. The van der Waals surface area contributed by atoms with Gasteiger partial charge in [0.1, 0.15) is 5.54 Å². The first-order chi connectivity index (χ1) is 13.9. The highest BCUT2D eigenvalue weighted by atomic mass is 32.2. The van der Waals surface area contributed by atoms with Gasteiger partial charge in [0.05, 0.1) is 4.90 Å². The first-order valence-corrected chi connectivity index (χ1v) is 11.1. The van der Waals surface area contributed by atoms with Crippen molar-refractivity contribution in [2.75, 3.05) is 13.1 Å². The van der Waals surface area contributed by atoms with E-state index >= 15 is 0 Å². The Balaban J connectivity index is 1.63. The molecule has 1 aliphatic heterocycles. The molecule has 0 atom stereocenters. The van der Waals surface area contributed by atoms with Crippen molar-refractivity contribution in [3.05, 3.63) is 101 Å². The van der Waals surface area contributed by atoms with Crippen LogP contribution in [0.1, 0.15) is 22.3 Å². The Hall–Kier alpha value is -2.76. The van der Waals surface area contributed by atoms with E-state index in [1.807, 2.05) is 86.8 Å². The number of hydrogen-bond acceptors (Lipinski definition) is 3. The molecule has 0 aromatic heterocycles. The van der Waals surface area contributed by atoms with Crippen LogP contribution < -0.4 is 0 Å². The molecule has 0 unspecified atom stereocenters. The van der Waals surface area contributed by atoms with Crippen molar-refractivity contribution in [2.45, 2.75) is 24.3 Å². The molecule has 5 heteroatoms. The highest BCUT2D eigenvalue weighted by Crippen LogP contribution is 2.39. The summed E-state index contributed by atoms with van der Waals surface area (Å²) in [5, 5.41) is 0. The standard InChI is InChI=1S/C24H24N2O2S/c1-19-8-12-21(13-9-19)16-25-24(22-6-4-3-5-7-22)17-26(18-24)29(27,28)23-14-10-20(2)11-15-23/h3-16H,17-18H2,1-2H3. The first kappa shape index (κ1) is 19.6. The summed E-state index contributed by atoms with van der Waals surface area (Å²) < 4.78 is 27.6. The van der Waals surface area contributed by atoms with Gasteiger partial charge in [-0.25, -0.2) is 8.42 Å². The molecule has 0 spiro atoms. The maximum atomic E-state index is 13.0. The molecule has 0 bridgehead atoms. The Morgan fingerprint density at radius 1 is 0.828 bits per heavy atom. The predicted molar refractivity (Wildman–Crippen MR) is 117 cm³/mol. The quantitative estimate of drug-likeness (QED) is 0.595. The molecule has 1 fully saturated rings. The van der Waals surface area contributed by atoms with Gasteiger partial charge in [0.25, 0.3) is 0 Å². The summed E-state index contributed by atoms with van der Waals surface area (Å²) in [6, 6.07) is 25.1. The second-order valence-electron chi connectivity index (χ2n) is 7.65. The molecular weight excluding hydrogens is 380 g/mol. The maximum Gasteiger partial charge on any atom is 0.243 e. The van der Waals surface area contributed by atoms with Crippen LogP contribution >= 0.6 is 0 Å². The van der Waals surface area contributed by atoms with Crippen LogP contribution in [0.4, 0.5) is 0 Å². The number of sulfonamides is 1. The van der Waals surface area contributed by atoms with Gasteiger partial charge in [-0.1, -0.05) is 77.9 Å². The van der Waals surface area contributed by atoms with Crippen LogP contribution in [0.5, 0.6) is 0 Å². The lowest BCUT2D eigenvalue weighted by molar-refractivity contribution is 0.161. The second kappa shape index (κ2) is 7.58. The van der Waals surface area contributed by atoms with E-state index in [1.165, 1.54) is 9.87 Å². The summed E-state index contributed by atoms with van der Waals surface area (Å²) in [6.07, 6.45) is 1.85. The number of aryl methyl sites for hydroxylation is 2. The van der Waals surface area contributed by atoms with Crippen LogP contribution in [0.25, 0.3) is 0 Å². The van der Waals surface area contributed by atoms with E-state index in [0.29, 0.717) is 18.0 Å². The molecule has 1 saturated heterocycles. The second-order valence-corrected chi connectivity index (χ2v) is 9.59. The summed E-state index contributed by atoms with van der Waals surface area (Å²) in [5.74, 6) is 0. The minimum Gasteiger partial charge on any atom is -0.278 e. The first-order valence-electron chi connectivity index (χ1n) is 9.63. The molecule has 0 N–H and O–H groups in total. The molecule has 3 aromatic carbocycles. The minimum absolute atomic E-state index is 0.326. The van der Waals surface area contributed by atoms with Gasteiger partial charge in [-0.2, -0.15) is 4.31 Å². The van der Waals surface area contributed by atoms with Crippen LogP contribution in [0.15, 0.2) is 88.8 Å². The highest BCUT2D eigenvalue weighted by Gasteiger charge is 2.49. The van der Waals surface area contributed by atoms with Crippen LogP contribution in [0.3, 0.4) is 0 Å². The zero-order valence-electron chi connectivity index (χ0n) is 16.6. The number of rotatable bonds is 5. The van der Waals surface area contributed by atoms with E-state index < -0.39 is 15.6 Å². The number of aliphatic imine (C=N–C) groups is 1. The average Bonchev–Trinajstić information content (AvgIpc) is 2.69. The minimum atomic E-state index is -3.53. The normalized spacial score (nSPS) is 16.6. The van der Waals surface area contributed by atoms with Crippen molar-refractivity contribution in [1.82, 2.24) is 4.31 Å². The molecule has 0 saturated carbocycles. The fraction of sp³-hybridized carbons (Fsp3) is 0.208. The van der Waals surface area contributed by atoms with Crippen LogP contribution in [-0.2, 0) is 15.6 Å². The Bertz CT molecular complexity index is 1110. The zero-order valence-corrected chi connectivity index (χ0v) is 17.4. The largest absolute Gasteiger partial charge is 0.278 e. The zero-order chi connectivity index (χ0) is 20.5.